The lowest BCUT2D eigenvalue weighted by atomic mass is 10.2. The summed E-state index contributed by atoms with van der Waals surface area (Å²) < 4.78 is 5.00. The molecule has 0 saturated carbocycles. The first-order valence-electron chi connectivity index (χ1n) is 5.94. The lowest BCUT2D eigenvalue weighted by Gasteiger charge is -2.02. The van der Waals surface area contributed by atoms with Gasteiger partial charge < -0.3 is 14.9 Å². The van der Waals surface area contributed by atoms with Crippen molar-refractivity contribution in [2.24, 2.45) is 0 Å². The molecular formula is C14H13N3O3. The summed E-state index contributed by atoms with van der Waals surface area (Å²) in [5.41, 5.74) is 1.73. The first-order chi connectivity index (χ1) is 9.69. The Bertz CT molecular complexity index is 668. The third-order valence-corrected chi connectivity index (χ3v) is 2.41. The number of carbonyl (C=O) groups is 1. The molecule has 0 bridgehead atoms. The normalized spacial score (nSPS) is 9.70. The molecule has 6 nitrogen and oxygen atoms in total. The molecule has 2 rings (SSSR count). The molecule has 0 aliphatic heterocycles. The minimum atomic E-state index is -0.279. The zero-order valence-corrected chi connectivity index (χ0v) is 10.9. The van der Waals surface area contributed by atoms with Gasteiger partial charge >= 0.3 is 0 Å². The third kappa shape index (κ3) is 3.67. The molecule has 0 atom stereocenters. The number of hydrogen-bond donors (Lipinski definition) is 2. The summed E-state index contributed by atoms with van der Waals surface area (Å²) in [5.74, 6) is 5.50. The van der Waals surface area contributed by atoms with Crippen molar-refractivity contribution < 1.29 is 14.4 Å². The van der Waals surface area contributed by atoms with Crippen LogP contribution in [0.4, 0.5) is 0 Å². The van der Waals surface area contributed by atoms with Crippen LogP contribution in [0.25, 0.3) is 0 Å². The molecule has 1 amide bonds. The van der Waals surface area contributed by atoms with Crippen molar-refractivity contribution in [3.8, 4) is 11.8 Å². The van der Waals surface area contributed by atoms with Gasteiger partial charge in [-0.05, 0) is 13.0 Å². The third-order valence-electron chi connectivity index (χ3n) is 2.41. The average molecular weight is 271 g/mol. The lowest BCUT2D eigenvalue weighted by molar-refractivity contribution is 0.0946. The highest BCUT2D eigenvalue weighted by atomic mass is 16.5. The van der Waals surface area contributed by atoms with Crippen molar-refractivity contribution in [2.45, 2.75) is 13.5 Å². The second kappa shape index (κ2) is 6.50. The van der Waals surface area contributed by atoms with E-state index in [1.54, 1.807) is 12.1 Å². The van der Waals surface area contributed by atoms with Gasteiger partial charge in [0, 0.05) is 24.0 Å². The Morgan fingerprint density at radius 2 is 2.30 bits per heavy atom. The van der Waals surface area contributed by atoms with E-state index >= 15 is 0 Å². The summed E-state index contributed by atoms with van der Waals surface area (Å²) in [6.45, 7) is 1.83. The van der Waals surface area contributed by atoms with E-state index in [9.17, 15) is 4.79 Å². The number of aryl methyl sites for hydroxylation is 1. The summed E-state index contributed by atoms with van der Waals surface area (Å²) in [6, 6.07) is 3.36. The van der Waals surface area contributed by atoms with E-state index in [2.05, 4.69) is 27.3 Å². The van der Waals surface area contributed by atoms with Gasteiger partial charge in [-0.25, -0.2) is 0 Å². The van der Waals surface area contributed by atoms with Crippen LogP contribution in [0, 0.1) is 18.8 Å². The second-order valence-corrected chi connectivity index (χ2v) is 4.04. The number of aliphatic hydroxyl groups is 1. The maximum Gasteiger partial charge on any atom is 0.253 e. The Labute approximate surface area is 115 Å². The quantitative estimate of drug-likeness (QED) is 0.800. The number of amides is 1. The van der Waals surface area contributed by atoms with Gasteiger partial charge in [0.15, 0.2) is 5.76 Å². The molecule has 0 aliphatic carbocycles. The average Bonchev–Trinajstić information content (AvgIpc) is 2.88. The highest BCUT2D eigenvalue weighted by Crippen LogP contribution is 2.04. The minimum Gasteiger partial charge on any atom is -0.384 e. The zero-order valence-electron chi connectivity index (χ0n) is 10.9. The SMILES string of the molecule is Cc1cc(CNC(=O)c2cncc(C#CCO)c2)on1. The second-order valence-electron chi connectivity index (χ2n) is 4.04. The molecule has 0 radical (unpaired) electrons. The number of nitrogens with zero attached hydrogens (tertiary/aromatic N) is 2. The molecule has 102 valence electrons. The fourth-order valence-corrected chi connectivity index (χ4v) is 1.54. The number of aliphatic hydroxyl groups excluding tert-OH is 1. The van der Waals surface area contributed by atoms with Crippen LogP contribution in [0.15, 0.2) is 29.0 Å². The van der Waals surface area contributed by atoms with E-state index < -0.39 is 0 Å². The van der Waals surface area contributed by atoms with E-state index in [4.69, 9.17) is 9.63 Å². The highest BCUT2D eigenvalue weighted by molar-refractivity contribution is 5.94. The Kier molecular flexibility index (Phi) is 4.47. The summed E-state index contributed by atoms with van der Waals surface area (Å²) >= 11 is 0. The summed E-state index contributed by atoms with van der Waals surface area (Å²) in [7, 11) is 0. The van der Waals surface area contributed by atoms with Crippen LogP contribution in [0.5, 0.6) is 0 Å². The molecule has 6 heteroatoms. The van der Waals surface area contributed by atoms with Gasteiger partial charge in [-0.1, -0.05) is 17.0 Å². The number of nitrogens with one attached hydrogen (secondary N) is 1. The predicted octanol–water partition coefficient (Wildman–Crippen LogP) is 0.652. The maximum absolute atomic E-state index is 11.9. The first kappa shape index (κ1) is 13.8. The molecular weight excluding hydrogens is 258 g/mol. The van der Waals surface area contributed by atoms with E-state index in [0.29, 0.717) is 16.9 Å². The number of aromatic nitrogens is 2. The molecule has 0 spiro atoms. The topological polar surface area (TPSA) is 88.2 Å². The van der Waals surface area contributed by atoms with Crippen LogP contribution in [-0.4, -0.2) is 27.8 Å². The fraction of sp³-hybridized carbons (Fsp3) is 0.214. The number of hydrogen-bond acceptors (Lipinski definition) is 5. The van der Waals surface area contributed by atoms with Gasteiger partial charge in [0.2, 0.25) is 0 Å². The van der Waals surface area contributed by atoms with Gasteiger partial charge in [0.1, 0.15) is 6.61 Å². The fourth-order valence-electron chi connectivity index (χ4n) is 1.54. The lowest BCUT2D eigenvalue weighted by Crippen LogP contribution is -2.22. The van der Waals surface area contributed by atoms with E-state index in [1.807, 2.05) is 6.92 Å². The molecule has 2 aromatic heterocycles. The smallest absolute Gasteiger partial charge is 0.253 e. The van der Waals surface area contributed by atoms with Crippen molar-refractivity contribution in [2.75, 3.05) is 6.61 Å². The van der Waals surface area contributed by atoms with Gasteiger partial charge in [-0.3, -0.25) is 9.78 Å². The van der Waals surface area contributed by atoms with Crippen molar-refractivity contribution >= 4 is 5.91 Å². The molecule has 2 N–H and O–H groups in total. The predicted molar refractivity (Wildman–Crippen MR) is 70.6 cm³/mol. The molecule has 0 saturated heterocycles. The van der Waals surface area contributed by atoms with Crippen LogP contribution in [0.3, 0.4) is 0 Å². The van der Waals surface area contributed by atoms with Crippen LogP contribution < -0.4 is 5.32 Å². The zero-order chi connectivity index (χ0) is 14.4. The van der Waals surface area contributed by atoms with Gasteiger partial charge in [-0.15, -0.1) is 0 Å². The van der Waals surface area contributed by atoms with Crippen molar-refractivity contribution in [3.05, 3.63) is 47.1 Å². The summed E-state index contributed by atoms with van der Waals surface area (Å²) in [6.07, 6.45) is 2.98. The summed E-state index contributed by atoms with van der Waals surface area (Å²) in [4.78, 5) is 15.9. The van der Waals surface area contributed by atoms with E-state index in [1.165, 1.54) is 12.4 Å². The van der Waals surface area contributed by atoms with Crippen molar-refractivity contribution in [1.82, 2.24) is 15.5 Å². The van der Waals surface area contributed by atoms with Gasteiger partial charge in [0.25, 0.3) is 5.91 Å². The molecule has 0 fully saturated rings. The van der Waals surface area contributed by atoms with Crippen LogP contribution in [0.2, 0.25) is 0 Å². The molecule has 0 aromatic carbocycles. The van der Waals surface area contributed by atoms with E-state index in [0.717, 1.165) is 5.69 Å². The van der Waals surface area contributed by atoms with E-state index in [-0.39, 0.29) is 19.1 Å². The minimum absolute atomic E-state index is 0.235. The molecule has 0 unspecified atom stereocenters. The Hall–Kier alpha value is -2.65. The van der Waals surface area contributed by atoms with Crippen molar-refractivity contribution in [3.63, 3.8) is 0 Å². The maximum atomic E-state index is 11.9. The van der Waals surface area contributed by atoms with Crippen LogP contribution in [-0.2, 0) is 6.54 Å². The van der Waals surface area contributed by atoms with Gasteiger partial charge in [0.05, 0.1) is 17.8 Å². The molecule has 2 aromatic rings. The molecule has 20 heavy (non-hydrogen) atoms. The van der Waals surface area contributed by atoms with Crippen LogP contribution in [0.1, 0.15) is 27.4 Å². The first-order valence-corrected chi connectivity index (χ1v) is 5.94. The standard InChI is InChI=1S/C14H13N3O3/c1-10-5-13(20-17-10)9-16-14(19)12-6-11(3-2-4-18)7-15-8-12/h5-8,18H,4,9H2,1H3,(H,16,19). The number of rotatable bonds is 3. The Morgan fingerprint density at radius 3 is 3.00 bits per heavy atom. The van der Waals surface area contributed by atoms with Crippen molar-refractivity contribution in [1.29, 1.82) is 0 Å². The van der Waals surface area contributed by atoms with Gasteiger partial charge in [-0.2, -0.15) is 0 Å². The van der Waals surface area contributed by atoms with Crippen LogP contribution >= 0.6 is 0 Å². The Balaban J connectivity index is 2.01. The monoisotopic (exact) mass is 271 g/mol. The number of carbonyl (C=O) groups excluding carboxylic acids is 1. The molecule has 0 aliphatic rings. The largest absolute Gasteiger partial charge is 0.384 e. The highest BCUT2D eigenvalue weighted by Gasteiger charge is 2.08. The summed E-state index contributed by atoms with van der Waals surface area (Å²) in [5, 5.41) is 15.1. The number of pyridine rings is 1. The Morgan fingerprint density at radius 1 is 1.45 bits per heavy atom. The molecule has 2 heterocycles.